The van der Waals surface area contributed by atoms with Crippen molar-refractivity contribution in [3.05, 3.63) is 57.8 Å². The third-order valence-electron chi connectivity index (χ3n) is 4.05. The van der Waals surface area contributed by atoms with E-state index in [2.05, 4.69) is 10.3 Å². The molecule has 1 saturated carbocycles. The number of nitrogens with one attached hydrogen (secondary N) is 1. The van der Waals surface area contributed by atoms with Crippen molar-refractivity contribution < 1.29 is 9.53 Å². The predicted molar refractivity (Wildman–Crippen MR) is 94.8 cm³/mol. The first-order valence-corrected chi connectivity index (χ1v) is 8.70. The third kappa shape index (κ3) is 4.19. The van der Waals surface area contributed by atoms with Crippen LogP contribution in [0.1, 0.15) is 41.6 Å². The Labute approximate surface area is 151 Å². The summed E-state index contributed by atoms with van der Waals surface area (Å²) in [7, 11) is 0. The van der Waals surface area contributed by atoms with E-state index in [-0.39, 0.29) is 18.6 Å². The van der Waals surface area contributed by atoms with Gasteiger partial charge < -0.3 is 10.1 Å². The number of nitrogens with zero attached hydrogens (tertiary/aromatic N) is 1. The van der Waals surface area contributed by atoms with Crippen molar-refractivity contribution >= 4 is 29.1 Å². The fraction of sp³-hybridized carbons (Fsp3) is 0.333. The number of hydrogen-bond donors (Lipinski definition) is 1. The summed E-state index contributed by atoms with van der Waals surface area (Å²) < 4.78 is 5.69. The highest BCUT2D eigenvalue weighted by atomic mass is 35.5. The lowest BCUT2D eigenvalue weighted by molar-refractivity contribution is 0.0937. The second-order valence-electron chi connectivity index (χ2n) is 5.88. The molecule has 0 atom stereocenters. The van der Waals surface area contributed by atoms with E-state index in [0.717, 1.165) is 18.4 Å². The molecule has 1 aromatic carbocycles. The third-order valence-corrected chi connectivity index (χ3v) is 4.64. The summed E-state index contributed by atoms with van der Waals surface area (Å²) in [6, 6.07) is 7.24. The van der Waals surface area contributed by atoms with Crippen LogP contribution in [0.3, 0.4) is 0 Å². The molecule has 1 aromatic heterocycles. The molecule has 6 heteroatoms. The monoisotopic (exact) mass is 364 g/mol. The van der Waals surface area contributed by atoms with E-state index in [9.17, 15) is 4.79 Å². The Morgan fingerprint density at radius 2 is 1.92 bits per heavy atom. The molecule has 0 aliphatic heterocycles. The first kappa shape index (κ1) is 17.1. The largest absolute Gasteiger partial charge is 0.486 e. The number of rotatable bonds is 5. The molecule has 1 heterocycles. The number of hydrogen-bond acceptors (Lipinski definition) is 3. The van der Waals surface area contributed by atoms with Gasteiger partial charge in [0.05, 0.1) is 15.6 Å². The molecule has 4 nitrogen and oxygen atoms in total. The van der Waals surface area contributed by atoms with Crippen LogP contribution >= 0.6 is 23.2 Å². The highest BCUT2D eigenvalue weighted by Gasteiger charge is 2.18. The number of aromatic nitrogens is 1. The summed E-state index contributed by atoms with van der Waals surface area (Å²) in [5.41, 5.74) is 1.32. The smallest absolute Gasteiger partial charge is 0.253 e. The van der Waals surface area contributed by atoms with Crippen molar-refractivity contribution in [2.24, 2.45) is 0 Å². The maximum atomic E-state index is 12.3. The van der Waals surface area contributed by atoms with E-state index in [1.54, 1.807) is 36.7 Å². The molecule has 0 spiro atoms. The summed E-state index contributed by atoms with van der Waals surface area (Å²) in [5.74, 6) is 0.341. The Balaban J connectivity index is 1.65. The number of carbonyl (C=O) groups excluding carboxylic acids is 1. The van der Waals surface area contributed by atoms with Crippen LogP contribution in [-0.2, 0) is 6.61 Å². The Bertz CT molecular complexity index is 710. The zero-order valence-corrected chi connectivity index (χ0v) is 14.6. The second-order valence-corrected chi connectivity index (χ2v) is 6.69. The van der Waals surface area contributed by atoms with Gasteiger partial charge in [-0.15, -0.1) is 0 Å². The topological polar surface area (TPSA) is 51.2 Å². The molecule has 1 aliphatic rings. The van der Waals surface area contributed by atoms with Gasteiger partial charge in [-0.25, -0.2) is 0 Å². The van der Waals surface area contributed by atoms with Gasteiger partial charge in [0.15, 0.2) is 5.75 Å². The minimum atomic E-state index is -0.0907. The van der Waals surface area contributed by atoms with E-state index < -0.39 is 0 Å². The van der Waals surface area contributed by atoms with Crippen LogP contribution in [0.2, 0.25) is 10.0 Å². The van der Waals surface area contributed by atoms with E-state index in [1.165, 1.54) is 12.8 Å². The van der Waals surface area contributed by atoms with Crippen molar-refractivity contribution in [2.45, 2.75) is 38.3 Å². The standard InChI is InChI=1S/C18H18Cl2N2O2/c19-15-6-3-7-16(20)17(15)24-11-12-8-13(10-21-9-12)18(23)22-14-4-1-2-5-14/h3,6-10,14H,1-2,4-5,11H2,(H,22,23). The lowest BCUT2D eigenvalue weighted by atomic mass is 10.2. The van der Waals surface area contributed by atoms with Crippen molar-refractivity contribution in [1.29, 1.82) is 0 Å². The Hall–Kier alpha value is -1.78. The van der Waals surface area contributed by atoms with Gasteiger partial charge in [-0.1, -0.05) is 42.1 Å². The van der Waals surface area contributed by atoms with Crippen LogP contribution in [-0.4, -0.2) is 16.9 Å². The van der Waals surface area contributed by atoms with Crippen LogP contribution in [0.15, 0.2) is 36.7 Å². The molecule has 126 valence electrons. The lowest BCUT2D eigenvalue weighted by Gasteiger charge is -2.13. The van der Waals surface area contributed by atoms with Crippen molar-refractivity contribution in [2.75, 3.05) is 0 Å². The fourth-order valence-corrected chi connectivity index (χ4v) is 3.31. The number of benzene rings is 1. The number of pyridine rings is 1. The van der Waals surface area contributed by atoms with E-state index in [4.69, 9.17) is 27.9 Å². The Morgan fingerprint density at radius 3 is 2.62 bits per heavy atom. The number of amides is 1. The molecule has 1 amide bonds. The van der Waals surface area contributed by atoms with Crippen molar-refractivity contribution in [1.82, 2.24) is 10.3 Å². The van der Waals surface area contributed by atoms with Gasteiger partial charge in [0, 0.05) is 24.0 Å². The molecule has 1 N–H and O–H groups in total. The quantitative estimate of drug-likeness (QED) is 0.840. The molecule has 0 radical (unpaired) electrons. The molecule has 0 unspecified atom stereocenters. The minimum absolute atomic E-state index is 0.0907. The lowest BCUT2D eigenvalue weighted by Crippen LogP contribution is -2.32. The van der Waals surface area contributed by atoms with Crippen LogP contribution in [0.5, 0.6) is 5.75 Å². The molecule has 2 aromatic rings. The summed E-state index contributed by atoms with van der Waals surface area (Å²) >= 11 is 12.2. The maximum Gasteiger partial charge on any atom is 0.253 e. The minimum Gasteiger partial charge on any atom is -0.486 e. The molecule has 0 bridgehead atoms. The summed E-state index contributed by atoms with van der Waals surface area (Å²) in [5, 5.41) is 3.95. The molecular formula is C18H18Cl2N2O2. The molecule has 1 fully saturated rings. The van der Waals surface area contributed by atoms with E-state index >= 15 is 0 Å². The van der Waals surface area contributed by atoms with Crippen molar-refractivity contribution in [3.63, 3.8) is 0 Å². The predicted octanol–water partition coefficient (Wildman–Crippen LogP) is 4.64. The number of halogens is 2. The highest BCUT2D eigenvalue weighted by Crippen LogP contribution is 2.32. The van der Waals surface area contributed by atoms with Crippen molar-refractivity contribution in [3.8, 4) is 5.75 Å². The SMILES string of the molecule is O=C(NC1CCCC1)c1cncc(COc2c(Cl)cccc2Cl)c1. The zero-order valence-electron chi connectivity index (χ0n) is 13.1. The normalized spacial score (nSPS) is 14.6. The van der Waals surface area contributed by atoms with Gasteiger partial charge in [-0.05, 0) is 31.0 Å². The molecule has 0 saturated heterocycles. The number of para-hydroxylation sites is 1. The zero-order chi connectivity index (χ0) is 16.9. The summed E-state index contributed by atoms with van der Waals surface area (Å²) in [4.78, 5) is 16.4. The van der Waals surface area contributed by atoms with Crippen LogP contribution in [0.25, 0.3) is 0 Å². The fourth-order valence-electron chi connectivity index (χ4n) is 2.81. The van der Waals surface area contributed by atoms with Gasteiger partial charge in [0.25, 0.3) is 5.91 Å². The Kier molecular flexibility index (Phi) is 5.59. The summed E-state index contributed by atoms with van der Waals surface area (Å²) in [6.07, 6.45) is 7.68. The van der Waals surface area contributed by atoms with Gasteiger partial charge in [-0.2, -0.15) is 0 Å². The molecule has 24 heavy (non-hydrogen) atoms. The van der Waals surface area contributed by atoms with Gasteiger partial charge in [0.1, 0.15) is 6.61 Å². The first-order chi connectivity index (χ1) is 11.6. The second kappa shape index (κ2) is 7.86. The maximum absolute atomic E-state index is 12.3. The van der Waals surface area contributed by atoms with Gasteiger partial charge >= 0.3 is 0 Å². The first-order valence-electron chi connectivity index (χ1n) is 7.95. The highest BCUT2D eigenvalue weighted by molar-refractivity contribution is 6.37. The average Bonchev–Trinajstić information content (AvgIpc) is 3.07. The van der Waals surface area contributed by atoms with Crippen LogP contribution < -0.4 is 10.1 Å². The van der Waals surface area contributed by atoms with Crippen LogP contribution in [0.4, 0.5) is 0 Å². The average molecular weight is 365 g/mol. The van der Waals surface area contributed by atoms with E-state index in [0.29, 0.717) is 21.4 Å². The Morgan fingerprint density at radius 1 is 1.21 bits per heavy atom. The van der Waals surface area contributed by atoms with Crippen LogP contribution in [0, 0.1) is 0 Å². The van der Waals surface area contributed by atoms with E-state index in [1.807, 2.05) is 0 Å². The summed E-state index contributed by atoms with van der Waals surface area (Å²) in [6.45, 7) is 0.237. The number of carbonyl (C=O) groups is 1. The van der Waals surface area contributed by atoms with Gasteiger partial charge in [0.2, 0.25) is 0 Å². The molecule has 3 rings (SSSR count). The molecular weight excluding hydrogens is 347 g/mol. The number of ether oxygens (including phenoxy) is 1. The molecule has 1 aliphatic carbocycles. The van der Waals surface area contributed by atoms with Gasteiger partial charge in [-0.3, -0.25) is 9.78 Å².